The second-order valence-corrected chi connectivity index (χ2v) is 4.86. The predicted molar refractivity (Wildman–Crippen MR) is 58.1 cm³/mol. The van der Waals surface area contributed by atoms with Crippen LogP contribution in [0.15, 0.2) is 18.2 Å². The molecule has 0 amide bonds. The molecular weight excluding hydrogens is 174 g/mol. The first-order valence-electron chi connectivity index (χ1n) is 5.00. The summed E-state index contributed by atoms with van der Waals surface area (Å²) in [5.41, 5.74) is 1.89. The van der Waals surface area contributed by atoms with Crippen molar-refractivity contribution >= 4 is 0 Å². The lowest BCUT2D eigenvalue weighted by atomic mass is 9.86. The highest BCUT2D eigenvalue weighted by Crippen LogP contribution is 2.21. The lowest BCUT2D eigenvalue weighted by Gasteiger charge is -2.25. The molecule has 1 aromatic rings. The quantitative estimate of drug-likeness (QED) is 0.782. The second kappa shape index (κ2) is 4.09. The third kappa shape index (κ3) is 3.11. The van der Waals surface area contributed by atoms with E-state index >= 15 is 0 Å². The molecule has 0 aliphatic rings. The van der Waals surface area contributed by atoms with Crippen molar-refractivity contribution in [2.75, 3.05) is 0 Å². The Labute approximate surface area is 86.0 Å². The van der Waals surface area contributed by atoms with E-state index in [0.29, 0.717) is 6.42 Å². The van der Waals surface area contributed by atoms with E-state index in [0.717, 1.165) is 11.4 Å². The van der Waals surface area contributed by atoms with Gasteiger partial charge in [0.05, 0.1) is 6.10 Å². The molecule has 1 aromatic heterocycles. The summed E-state index contributed by atoms with van der Waals surface area (Å²) in [5, 5.41) is 9.89. The van der Waals surface area contributed by atoms with Crippen molar-refractivity contribution in [3.8, 4) is 0 Å². The normalized spacial score (nSPS) is 14.1. The van der Waals surface area contributed by atoms with Gasteiger partial charge in [0, 0.05) is 17.8 Å². The van der Waals surface area contributed by atoms with Crippen LogP contribution in [0.5, 0.6) is 0 Å². The number of hydrogen-bond acceptors (Lipinski definition) is 2. The third-order valence-electron chi connectivity index (χ3n) is 2.35. The largest absolute Gasteiger partial charge is 0.392 e. The van der Waals surface area contributed by atoms with Crippen LogP contribution in [0.2, 0.25) is 0 Å². The molecule has 78 valence electrons. The molecule has 1 heterocycles. The molecule has 1 rings (SSSR count). The average molecular weight is 193 g/mol. The highest BCUT2D eigenvalue weighted by Gasteiger charge is 2.22. The minimum Gasteiger partial charge on any atom is -0.392 e. The number of aryl methyl sites for hydroxylation is 1. The van der Waals surface area contributed by atoms with Crippen molar-refractivity contribution in [2.24, 2.45) is 5.41 Å². The molecule has 0 spiro atoms. The van der Waals surface area contributed by atoms with E-state index in [-0.39, 0.29) is 11.5 Å². The van der Waals surface area contributed by atoms with Crippen molar-refractivity contribution in [1.29, 1.82) is 0 Å². The minimum absolute atomic E-state index is 0.0780. The second-order valence-electron chi connectivity index (χ2n) is 4.86. The van der Waals surface area contributed by atoms with Crippen LogP contribution in [-0.2, 0) is 6.42 Å². The van der Waals surface area contributed by atoms with Gasteiger partial charge in [0.15, 0.2) is 0 Å². The van der Waals surface area contributed by atoms with E-state index in [1.807, 2.05) is 45.9 Å². The third-order valence-corrected chi connectivity index (χ3v) is 2.35. The summed E-state index contributed by atoms with van der Waals surface area (Å²) in [5.74, 6) is 0. The minimum atomic E-state index is -0.336. The van der Waals surface area contributed by atoms with Crippen molar-refractivity contribution in [1.82, 2.24) is 4.98 Å². The molecule has 0 aliphatic carbocycles. The summed E-state index contributed by atoms with van der Waals surface area (Å²) in [7, 11) is 0. The lowest BCUT2D eigenvalue weighted by Crippen LogP contribution is -2.28. The van der Waals surface area contributed by atoms with Gasteiger partial charge in [0.2, 0.25) is 0 Å². The first-order chi connectivity index (χ1) is 6.39. The van der Waals surface area contributed by atoms with Crippen molar-refractivity contribution in [2.45, 2.75) is 40.2 Å². The number of nitrogens with zero attached hydrogens (tertiary/aromatic N) is 1. The fraction of sp³-hybridized carbons (Fsp3) is 0.583. The van der Waals surface area contributed by atoms with Crippen LogP contribution < -0.4 is 0 Å². The fourth-order valence-corrected chi connectivity index (χ4v) is 1.22. The maximum absolute atomic E-state index is 9.89. The standard InChI is InChI=1S/C12H19NO/c1-9-6-5-7-10(13-9)8-11(14)12(2,3)4/h5-7,11,14H,8H2,1-4H3. The summed E-state index contributed by atoms with van der Waals surface area (Å²) in [4.78, 5) is 4.37. The molecule has 0 saturated carbocycles. The molecule has 2 heteroatoms. The van der Waals surface area contributed by atoms with E-state index < -0.39 is 0 Å². The van der Waals surface area contributed by atoms with Gasteiger partial charge in [-0.15, -0.1) is 0 Å². The van der Waals surface area contributed by atoms with Crippen LogP contribution >= 0.6 is 0 Å². The van der Waals surface area contributed by atoms with Crippen LogP contribution in [0.1, 0.15) is 32.2 Å². The van der Waals surface area contributed by atoms with E-state index in [9.17, 15) is 5.11 Å². The average Bonchev–Trinajstić information content (AvgIpc) is 2.02. The molecule has 0 fully saturated rings. The van der Waals surface area contributed by atoms with Gasteiger partial charge in [-0.05, 0) is 24.5 Å². The number of aliphatic hydroxyl groups is 1. The van der Waals surface area contributed by atoms with E-state index in [2.05, 4.69) is 4.98 Å². The SMILES string of the molecule is Cc1cccc(CC(O)C(C)(C)C)n1. The molecule has 0 aromatic carbocycles. The first-order valence-corrected chi connectivity index (χ1v) is 5.00. The number of hydrogen-bond donors (Lipinski definition) is 1. The molecule has 1 unspecified atom stereocenters. The highest BCUT2D eigenvalue weighted by molar-refractivity contribution is 5.11. The van der Waals surface area contributed by atoms with Crippen LogP contribution in [0, 0.1) is 12.3 Å². The van der Waals surface area contributed by atoms with Crippen molar-refractivity contribution < 1.29 is 5.11 Å². The molecular formula is C12H19NO. The van der Waals surface area contributed by atoms with Gasteiger partial charge in [0.25, 0.3) is 0 Å². The number of aromatic nitrogens is 1. The predicted octanol–water partition coefficient (Wildman–Crippen LogP) is 2.34. The Bertz CT molecular complexity index is 301. The van der Waals surface area contributed by atoms with Crippen molar-refractivity contribution in [3.63, 3.8) is 0 Å². The molecule has 1 N–H and O–H groups in total. The molecule has 1 atom stereocenters. The summed E-state index contributed by atoms with van der Waals surface area (Å²) >= 11 is 0. The zero-order chi connectivity index (χ0) is 10.8. The van der Waals surface area contributed by atoms with Gasteiger partial charge in [-0.3, -0.25) is 4.98 Å². The van der Waals surface area contributed by atoms with E-state index in [1.165, 1.54) is 0 Å². The van der Waals surface area contributed by atoms with Gasteiger partial charge in [-0.2, -0.15) is 0 Å². The Morgan fingerprint density at radius 3 is 2.50 bits per heavy atom. The number of rotatable bonds is 2. The highest BCUT2D eigenvalue weighted by atomic mass is 16.3. The smallest absolute Gasteiger partial charge is 0.0643 e. The fourth-order valence-electron chi connectivity index (χ4n) is 1.22. The topological polar surface area (TPSA) is 33.1 Å². The molecule has 2 nitrogen and oxygen atoms in total. The maximum atomic E-state index is 9.89. The van der Waals surface area contributed by atoms with Crippen LogP contribution in [-0.4, -0.2) is 16.2 Å². The molecule has 0 aliphatic heterocycles. The zero-order valence-corrected chi connectivity index (χ0v) is 9.41. The van der Waals surface area contributed by atoms with Gasteiger partial charge in [-0.25, -0.2) is 0 Å². The van der Waals surface area contributed by atoms with Crippen molar-refractivity contribution in [3.05, 3.63) is 29.6 Å². The molecule has 0 saturated heterocycles. The van der Waals surface area contributed by atoms with Crippen LogP contribution in [0.4, 0.5) is 0 Å². The van der Waals surface area contributed by atoms with Gasteiger partial charge >= 0.3 is 0 Å². The Hall–Kier alpha value is -0.890. The monoisotopic (exact) mass is 193 g/mol. The summed E-state index contributed by atoms with van der Waals surface area (Å²) in [6.45, 7) is 8.07. The number of aliphatic hydroxyl groups excluding tert-OH is 1. The van der Waals surface area contributed by atoms with E-state index in [4.69, 9.17) is 0 Å². The summed E-state index contributed by atoms with van der Waals surface area (Å²) in [6.07, 6.45) is 0.294. The lowest BCUT2D eigenvalue weighted by molar-refractivity contribution is 0.0627. The molecule has 0 radical (unpaired) electrons. The number of pyridine rings is 1. The van der Waals surface area contributed by atoms with Gasteiger partial charge < -0.3 is 5.11 Å². The van der Waals surface area contributed by atoms with Gasteiger partial charge in [-0.1, -0.05) is 26.8 Å². The molecule has 0 bridgehead atoms. The Balaban J connectivity index is 2.70. The molecule has 14 heavy (non-hydrogen) atoms. The Kier molecular flexibility index (Phi) is 3.27. The zero-order valence-electron chi connectivity index (χ0n) is 9.41. The summed E-state index contributed by atoms with van der Waals surface area (Å²) < 4.78 is 0. The van der Waals surface area contributed by atoms with Crippen LogP contribution in [0.25, 0.3) is 0 Å². The first kappa shape index (κ1) is 11.2. The maximum Gasteiger partial charge on any atom is 0.0643 e. The Morgan fingerprint density at radius 2 is 2.00 bits per heavy atom. The van der Waals surface area contributed by atoms with Crippen LogP contribution in [0.3, 0.4) is 0 Å². The van der Waals surface area contributed by atoms with E-state index in [1.54, 1.807) is 0 Å². The van der Waals surface area contributed by atoms with Gasteiger partial charge in [0.1, 0.15) is 0 Å². The summed E-state index contributed by atoms with van der Waals surface area (Å²) in [6, 6.07) is 5.90. The Morgan fingerprint density at radius 1 is 1.36 bits per heavy atom.